The first-order chi connectivity index (χ1) is 9.60. The zero-order chi connectivity index (χ0) is 14.7. The molecular weight excluding hydrogens is 264 g/mol. The van der Waals surface area contributed by atoms with Crippen molar-refractivity contribution in [3.63, 3.8) is 0 Å². The average molecular weight is 279 g/mol. The van der Waals surface area contributed by atoms with E-state index in [-0.39, 0.29) is 12.1 Å². The van der Waals surface area contributed by atoms with Gasteiger partial charge in [-0.1, -0.05) is 0 Å². The van der Waals surface area contributed by atoms with Gasteiger partial charge in [0, 0.05) is 18.2 Å². The van der Waals surface area contributed by atoms with E-state index in [1.165, 1.54) is 26.4 Å². The summed E-state index contributed by atoms with van der Waals surface area (Å²) < 4.78 is 37.3. The van der Waals surface area contributed by atoms with E-state index in [2.05, 4.69) is 0 Å². The van der Waals surface area contributed by atoms with E-state index >= 15 is 0 Å². The van der Waals surface area contributed by atoms with Gasteiger partial charge in [0.25, 0.3) is 0 Å². The molecular formula is C15H15F2NO2. The smallest absolute Gasteiger partial charge is 0.161 e. The molecule has 0 unspecified atom stereocenters. The highest BCUT2D eigenvalue weighted by molar-refractivity contribution is 5.71. The third kappa shape index (κ3) is 2.58. The molecule has 0 fully saturated rings. The van der Waals surface area contributed by atoms with Crippen molar-refractivity contribution in [1.82, 2.24) is 0 Å². The van der Waals surface area contributed by atoms with Gasteiger partial charge in [0.05, 0.1) is 14.2 Å². The summed E-state index contributed by atoms with van der Waals surface area (Å²) in [5.74, 6) is -0.296. The van der Waals surface area contributed by atoms with Crippen LogP contribution in [0.15, 0.2) is 30.3 Å². The summed E-state index contributed by atoms with van der Waals surface area (Å²) in [6, 6.07) is 6.75. The van der Waals surface area contributed by atoms with E-state index in [1.54, 1.807) is 12.1 Å². The number of benzene rings is 2. The number of methoxy groups -OCH3 is 2. The summed E-state index contributed by atoms with van der Waals surface area (Å²) in [5.41, 5.74) is 7.21. The Kier molecular flexibility index (Phi) is 4.20. The maximum absolute atomic E-state index is 13.9. The molecule has 0 heterocycles. The van der Waals surface area contributed by atoms with Crippen LogP contribution in [0.25, 0.3) is 11.1 Å². The van der Waals surface area contributed by atoms with Gasteiger partial charge in [0.2, 0.25) is 0 Å². The second-order valence-electron chi connectivity index (χ2n) is 4.19. The predicted octanol–water partition coefficient (Wildman–Crippen LogP) is 3.11. The van der Waals surface area contributed by atoms with Crippen LogP contribution in [0, 0.1) is 11.6 Å². The van der Waals surface area contributed by atoms with E-state index in [0.29, 0.717) is 22.6 Å². The van der Waals surface area contributed by atoms with Crippen molar-refractivity contribution in [1.29, 1.82) is 0 Å². The fraction of sp³-hybridized carbons (Fsp3) is 0.200. The minimum atomic E-state index is -0.646. The first kappa shape index (κ1) is 14.3. The maximum atomic E-state index is 13.9. The van der Waals surface area contributed by atoms with Crippen LogP contribution in [0.4, 0.5) is 8.78 Å². The number of hydrogen-bond acceptors (Lipinski definition) is 3. The minimum Gasteiger partial charge on any atom is -0.493 e. The molecule has 2 N–H and O–H groups in total. The van der Waals surface area contributed by atoms with Crippen molar-refractivity contribution >= 4 is 0 Å². The molecule has 0 aliphatic heterocycles. The fourth-order valence-electron chi connectivity index (χ4n) is 2.05. The summed E-state index contributed by atoms with van der Waals surface area (Å²) >= 11 is 0. The van der Waals surface area contributed by atoms with Crippen LogP contribution >= 0.6 is 0 Å². The summed E-state index contributed by atoms with van der Waals surface area (Å²) in [4.78, 5) is 0. The molecule has 0 saturated heterocycles. The van der Waals surface area contributed by atoms with Crippen LogP contribution in [-0.2, 0) is 6.54 Å². The molecule has 0 aliphatic carbocycles. The summed E-state index contributed by atoms with van der Waals surface area (Å²) in [6.07, 6.45) is 0. The number of hydrogen-bond donors (Lipinski definition) is 1. The first-order valence-corrected chi connectivity index (χ1v) is 6.01. The van der Waals surface area contributed by atoms with E-state index in [4.69, 9.17) is 15.2 Å². The minimum absolute atomic E-state index is 0.201. The molecule has 0 bridgehead atoms. The van der Waals surface area contributed by atoms with Crippen molar-refractivity contribution in [3.05, 3.63) is 47.5 Å². The summed E-state index contributed by atoms with van der Waals surface area (Å²) in [5, 5.41) is 0. The Balaban J connectivity index is 2.65. The molecule has 0 aromatic heterocycles. The Morgan fingerprint density at radius 2 is 1.60 bits per heavy atom. The van der Waals surface area contributed by atoms with Crippen LogP contribution in [0.3, 0.4) is 0 Å². The van der Waals surface area contributed by atoms with Gasteiger partial charge in [-0.3, -0.25) is 0 Å². The van der Waals surface area contributed by atoms with E-state index < -0.39 is 11.6 Å². The van der Waals surface area contributed by atoms with Gasteiger partial charge in [0.1, 0.15) is 11.6 Å². The predicted molar refractivity (Wildman–Crippen MR) is 72.8 cm³/mol. The average Bonchev–Trinajstić information content (AvgIpc) is 2.46. The second-order valence-corrected chi connectivity index (χ2v) is 4.19. The largest absolute Gasteiger partial charge is 0.493 e. The van der Waals surface area contributed by atoms with Crippen LogP contribution in [0.5, 0.6) is 11.5 Å². The maximum Gasteiger partial charge on any atom is 0.161 e. The molecule has 0 spiro atoms. The fourth-order valence-corrected chi connectivity index (χ4v) is 2.05. The van der Waals surface area contributed by atoms with E-state index in [0.717, 1.165) is 6.07 Å². The number of nitrogens with two attached hydrogens (primary N) is 1. The molecule has 0 atom stereocenters. The molecule has 2 aromatic rings. The van der Waals surface area contributed by atoms with Crippen LogP contribution in [0.1, 0.15) is 5.56 Å². The zero-order valence-electron chi connectivity index (χ0n) is 11.2. The molecule has 2 aromatic carbocycles. The van der Waals surface area contributed by atoms with Crippen LogP contribution in [0.2, 0.25) is 0 Å². The SMILES string of the molecule is COc1cc(CN)c(-c2ccc(F)cc2F)cc1OC. The van der Waals surface area contributed by atoms with Crippen molar-refractivity contribution in [2.24, 2.45) is 5.73 Å². The van der Waals surface area contributed by atoms with Crippen LogP contribution in [-0.4, -0.2) is 14.2 Å². The van der Waals surface area contributed by atoms with Gasteiger partial charge in [-0.2, -0.15) is 0 Å². The summed E-state index contributed by atoms with van der Waals surface area (Å²) in [6.45, 7) is 0.201. The monoisotopic (exact) mass is 279 g/mol. The van der Waals surface area contributed by atoms with E-state index in [9.17, 15) is 8.78 Å². The van der Waals surface area contributed by atoms with Crippen molar-refractivity contribution in [2.45, 2.75) is 6.54 Å². The molecule has 0 aliphatic rings. The molecule has 20 heavy (non-hydrogen) atoms. The van der Waals surface area contributed by atoms with Crippen molar-refractivity contribution < 1.29 is 18.3 Å². The second kappa shape index (κ2) is 5.88. The standard InChI is InChI=1S/C15H15F2NO2/c1-19-14-5-9(8-18)12(7-15(14)20-2)11-4-3-10(16)6-13(11)17/h3-7H,8,18H2,1-2H3. The molecule has 0 saturated carbocycles. The van der Waals surface area contributed by atoms with Gasteiger partial charge < -0.3 is 15.2 Å². The van der Waals surface area contributed by atoms with Crippen molar-refractivity contribution in [2.75, 3.05) is 14.2 Å². The quantitative estimate of drug-likeness (QED) is 0.935. The Morgan fingerprint density at radius 3 is 2.15 bits per heavy atom. The van der Waals surface area contributed by atoms with Gasteiger partial charge in [-0.15, -0.1) is 0 Å². The molecule has 5 heteroatoms. The first-order valence-electron chi connectivity index (χ1n) is 6.01. The summed E-state index contributed by atoms with van der Waals surface area (Å²) in [7, 11) is 3.00. The van der Waals surface area contributed by atoms with E-state index in [1.807, 2.05) is 0 Å². The Morgan fingerprint density at radius 1 is 0.950 bits per heavy atom. The lowest BCUT2D eigenvalue weighted by Crippen LogP contribution is -2.02. The zero-order valence-corrected chi connectivity index (χ0v) is 11.2. The highest BCUT2D eigenvalue weighted by Gasteiger charge is 2.15. The lowest BCUT2D eigenvalue weighted by molar-refractivity contribution is 0.354. The lowest BCUT2D eigenvalue weighted by atomic mass is 9.98. The molecule has 0 amide bonds. The Labute approximate surface area is 115 Å². The van der Waals surface area contributed by atoms with Gasteiger partial charge in [-0.05, 0) is 35.4 Å². The van der Waals surface area contributed by atoms with Gasteiger partial charge in [0.15, 0.2) is 11.5 Å². The highest BCUT2D eigenvalue weighted by atomic mass is 19.1. The Hall–Kier alpha value is -2.14. The van der Waals surface area contributed by atoms with Gasteiger partial charge >= 0.3 is 0 Å². The molecule has 3 nitrogen and oxygen atoms in total. The Bertz CT molecular complexity index is 630. The lowest BCUT2D eigenvalue weighted by Gasteiger charge is -2.14. The third-order valence-electron chi connectivity index (χ3n) is 3.05. The normalized spacial score (nSPS) is 10.4. The number of ether oxygens (including phenoxy) is 2. The molecule has 2 rings (SSSR count). The molecule has 0 radical (unpaired) electrons. The van der Waals surface area contributed by atoms with Crippen LogP contribution < -0.4 is 15.2 Å². The topological polar surface area (TPSA) is 44.5 Å². The number of halogens is 2. The van der Waals surface area contributed by atoms with Crippen molar-refractivity contribution in [3.8, 4) is 22.6 Å². The van der Waals surface area contributed by atoms with Gasteiger partial charge in [-0.25, -0.2) is 8.78 Å². The third-order valence-corrected chi connectivity index (χ3v) is 3.05. The number of rotatable bonds is 4. The highest BCUT2D eigenvalue weighted by Crippen LogP contribution is 2.36. The molecule has 106 valence electrons.